The van der Waals surface area contributed by atoms with Gasteiger partial charge in [0.05, 0.1) is 6.04 Å². The fourth-order valence-corrected chi connectivity index (χ4v) is 0.889. The third-order valence-corrected chi connectivity index (χ3v) is 1.50. The molecule has 0 saturated carbocycles. The number of carbonyl (C=O) groups is 2. The van der Waals surface area contributed by atoms with Crippen molar-refractivity contribution < 1.29 is 19.4 Å². The highest BCUT2D eigenvalue weighted by Crippen LogP contribution is 2.06. The second kappa shape index (κ2) is 6.16. The molecular weight excluding hydrogens is 214 g/mol. The molecule has 0 aliphatic heterocycles. The van der Waals surface area contributed by atoms with Gasteiger partial charge >= 0.3 is 12.2 Å². The zero-order valence-corrected chi connectivity index (χ0v) is 9.74. The van der Waals surface area contributed by atoms with Crippen LogP contribution in [0, 0.1) is 0 Å². The molecule has 0 aromatic rings. The largest absolute Gasteiger partial charge is 0.465 e. The van der Waals surface area contributed by atoms with Gasteiger partial charge in [-0.15, -0.1) is 0 Å². The number of nitrogens with one attached hydrogen (secondary N) is 2. The van der Waals surface area contributed by atoms with E-state index in [-0.39, 0.29) is 13.1 Å². The average Bonchev–Trinajstić information content (AvgIpc) is 2.08. The first kappa shape index (κ1) is 14.5. The number of amides is 2. The minimum absolute atomic E-state index is 0.0950. The molecule has 0 aliphatic rings. The monoisotopic (exact) mass is 233 g/mol. The van der Waals surface area contributed by atoms with E-state index in [0.29, 0.717) is 0 Å². The molecule has 0 spiro atoms. The number of alkyl carbamates (subject to hydrolysis) is 1. The number of rotatable bonds is 4. The highest BCUT2D eigenvalue weighted by Gasteiger charge is 2.17. The minimum atomic E-state index is -1.18. The Labute approximate surface area is 94.3 Å². The quantitative estimate of drug-likeness (QED) is 0.550. The normalized spacial score (nSPS) is 12.8. The summed E-state index contributed by atoms with van der Waals surface area (Å²) in [6, 6.07) is -0.523. The maximum atomic E-state index is 11.2. The van der Waals surface area contributed by atoms with Crippen LogP contribution in [0.2, 0.25) is 0 Å². The third kappa shape index (κ3) is 7.86. The lowest BCUT2D eigenvalue weighted by Gasteiger charge is -2.21. The molecule has 16 heavy (non-hydrogen) atoms. The number of nitrogens with two attached hydrogens (primary N) is 1. The second-order valence-electron chi connectivity index (χ2n) is 4.26. The Hall–Kier alpha value is -1.50. The third-order valence-electron chi connectivity index (χ3n) is 1.50. The van der Waals surface area contributed by atoms with Crippen LogP contribution in [-0.4, -0.2) is 42.0 Å². The summed E-state index contributed by atoms with van der Waals surface area (Å²) in [5.74, 6) is 0. The summed E-state index contributed by atoms with van der Waals surface area (Å²) >= 11 is 0. The van der Waals surface area contributed by atoms with E-state index in [1.165, 1.54) is 0 Å². The Kier molecular flexibility index (Phi) is 5.59. The average molecular weight is 233 g/mol. The number of ether oxygens (including phenoxy) is 1. The van der Waals surface area contributed by atoms with Crippen molar-refractivity contribution in [3.05, 3.63) is 0 Å². The van der Waals surface area contributed by atoms with Crippen LogP contribution < -0.4 is 16.4 Å². The molecule has 0 fully saturated rings. The standard InChI is InChI=1S/C9H19N3O4/c1-9(2,3)16-8(15)11-5-6(4-10)12-7(13)14/h6,12H,4-5,10H2,1-3H3,(H,11,15)(H,13,14). The number of hydrogen-bond donors (Lipinski definition) is 4. The molecule has 0 aliphatic carbocycles. The lowest BCUT2D eigenvalue weighted by atomic mass is 10.2. The van der Waals surface area contributed by atoms with Gasteiger partial charge < -0.3 is 26.2 Å². The van der Waals surface area contributed by atoms with Crippen molar-refractivity contribution in [2.45, 2.75) is 32.4 Å². The zero-order chi connectivity index (χ0) is 12.8. The minimum Gasteiger partial charge on any atom is -0.465 e. The van der Waals surface area contributed by atoms with Crippen molar-refractivity contribution >= 4 is 12.2 Å². The summed E-state index contributed by atoms with van der Waals surface area (Å²) in [6.07, 6.45) is -1.78. The van der Waals surface area contributed by atoms with Gasteiger partial charge in [0.1, 0.15) is 5.60 Å². The molecule has 2 amide bonds. The van der Waals surface area contributed by atoms with E-state index < -0.39 is 23.8 Å². The summed E-state index contributed by atoms with van der Waals surface area (Å²) < 4.78 is 4.97. The predicted molar refractivity (Wildman–Crippen MR) is 58.2 cm³/mol. The molecule has 7 nitrogen and oxygen atoms in total. The van der Waals surface area contributed by atoms with Crippen LogP contribution in [0.1, 0.15) is 20.8 Å². The molecular formula is C9H19N3O4. The van der Waals surface area contributed by atoms with Crippen LogP contribution >= 0.6 is 0 Å². The van der Waals surface area contributed by atoms with Crippen molar-refractivity contribution in [3.8, 4) is 0 Å². The number of carbonyl (C=O) groups excluding carboxylic acids is 1. The molecule has 0 heterocycles. The predicted octanol–water partition coefficient (Wildman–Crippen LogP) is 0.106. The smallest absolute Gasteiger partial charge is 0.407 e. The second-order valence-corrected chi connectivity index (χ2v) is 4.26. The van der Waals surface area contributed by atoms with Gasteiger partial charge in [0.25, 0.3) is 0 Å². The van der Waals surface area contributed by atoms with E-state index in [9.17, 15) is 9.59 Å². The van der Waals surface area contributed by atoms with Crippen LogP contribution in [0.15, 0.2) is 0 Å². The Balaban J connectivity index is 3.93. The molecule has 7 heteroatoms. The summed E-state index contributed by atoms with van der Waals surface area (Å²) in [4.78, 5) is 21.5. The summed E-state index contributed by atoms with van der Waals surface area (Å²) in [5.41, 5.74) is 4.74. The van der Waals surface area contributed by atoms with Gasteiger partial charge in [-0.3, -0.25) is 0 Å². The molecule has 0 bridgehead atoms. The van der Waals surface area contributed by atoms with Crippen LogP contribution in [-0.2, 0) is 4.74 Å². The SMILES string of the molecule is CC(C)(C)OC(=O)NCC(CN)NC(=O)O. The van der Waals surface area contributed by atoms with Crippen molar-refractivity contribution in [1.29, 1.82) is 0 Å². The summed E-state index contributed by atoms with van der Waals surface area (Å²) in [6.45, 7) is 5.41. The summed E-state index contributed by atoms with van der Waals surface area (Å²) in [5, 5.41) is 13.1. The van der Waals surface area contributed by atoms with Crippen molar-refractivity contribution in [2.24, 2.45) is 5.73 Å². The molecule has 5 N–H and O–H groups in total. The molecule has 0 saturated heterocycles. The molecule has 0 radical (unpaired) electrons. The van der Waals surface area contributed by atoms with E-state index in [0.717, 1.165) is 0 Å². The molecule has 0 rings (SSSR count). The Morgan fingerprint density at radius 3 is 2.38 bits per heavy atom. The lowest BCUT2D eigenvalue weighted by molar-refractivity contribution is 0.0522. The first-order chi connectivity index (χ1) is 7.24. The van der Waals surface area contributed by atoms with Gasteiger partial charge in [-0.2, -0.15) is 0 Å². The molecule has 0 aromatic carbocycles. The fraction of sp³-hybridized carbons (Fsp3) is 0.778. The topological polar surface area (TPSA) is 114 Å². The van der Waals surface area contributed by atoms with E-state index in [1.807, 2.05) is 0 Å². The maximum absolute atomic E-state index is 11.2. The van der Waals surface area contributed by atoms with E-state index in [2.05, 4.69) is 10.6 Å². The van der Waals surface area contributed by atoms with Crippen molar-refractivity contribution in [2.75, 3.05) is 13.1 Å². The molecule has 1 atom stereocenters. The first-order valence-corrected chi connectivity index (χ1v) is 4.91. The maximum Gasteiger partial charge on any atom is 0.407 e. The van der Waals surface area contributed by atoms with E-state index in [4.69, 9.17) is 15.6 Å². The molecule has 0 aromatic heterocycles. The highest BCUT2D eigenvalue weighted by atomic mass is 16.6. The number of hydrogen-bond acceptors (Lipinski definition) is 4. The summed E-state index contributed by atoms with van der Waals surface area (Å²) in [7, 11) is 0. The van der Waals surface area contributed by atoms with Crippen LogP contribution in [0.3, 0.4) is 0 Å². The Morgan fingerprint density at radius 2 is 2.00 bits per heavy atom. The van der Waals surface area contributed by atoms with Crippen LogP contribution in [0.25, 0.3) is 0 Å². The van der Waals surface area contributed by atoms with Gasteiger partial charge in [0.2, 0.25) is 0 Å². The molecule has 94 valence electrons. The van der Waals surface area contributed by atoms with Gasteiger partial charge in [-0.05, 0) is 20.8 Å². The van der Waals surface area contributed by atoms with Gasteiger partial charge in [0.15, 0.2) is 0 Å². The van der Waals surface area contributed by atoms with E-state index >= 15 is 0 Å². The van der Waals surface area contributed by atoms with Crippen molar-refractivity contribution in [1.82, 2.24) is 10.6 Å². The van der Waals surface area contributed by atoms with Crippen LogP contribution in [0.5, 0.6) is 0 Å². The lowest BCUT2D eigenvalue weighted by Crippen LogP contribution is -2.48. The van der Waals surface area contributed by atoms with E-state index in [1.54, 1.807) is 20.8 Å². The Bertz CT molecular complexity index is 250. The Morgan fingerprint density at radius 1 is 1.44 bits per heavy atom. The first-order valence-electron chi connectivity index (χ1n) is 4.91. The molecule has 1 unspecified atom stereocenters. The van der Waals surface area contributed by atoms with Gasteiger partial charge in [0, 0.05) is 13.1 Å². The van der Waals surface area contributed by atoms with Crippen molar-refractivity contribution in [3.63, 3.8) is 0 Å². The van der Waals surface area contributed by atoms with Gasteiger partial charge in [-0.25, -0.2) is 9.59 Å². The number of carboxylic acid groups (broad SMARTS) is 1. The zero-order valence-electron chi connectivity index (χ0n) is 9.74. The van der Waals surface area contributed by atoms with Crippen LogP contribution in [0.4, 0.5) is 9.59 Å². The fourth-order valence-electron chi connectivity index (χ4n) is 0.889. The highest BCUT2D eigenvalue weighted by molar-refractivity contribution is 5.68. The van der Waals surface area contributed by atoms with Gasteiger partial charge in [-0.1, -0.05) is 0 Å².